The summed E-state index contributed by atoms with van der Waals surface area (Å²) in [5.41, 5.74) is 2.80. The molecule has 0 spiro atoms. The zero-order valence-corrected chi connectivity index (χ0v) is 8.23. The van der Waals surface area contributed by atoms with Gasteiger partial charge in [-0.3, -0.25) is 0 Å². The summed E-state index contributed by atoms with van der Waals surface area (Å²) in [4.78, 5) is 4.34. The molecule has 0 aliphatic carbocycles. The summed E-state index contributed by atoms with van der Waals surface area (Å²) in [6.07, 6.45) is 1.61. The van der Waals surface area contributed by atoms with E-state index in [-0.39, 0.29) is 0 Å². The Bertz CT molecular complexity index is 593. The van der Waals surface area contributed by atoms with E-state index in [1.54, 1.807) is 6.26 Å². The van der Waals surface area contributed by atoms with Gasteiger partial charge in [0.25, 0.3) is 5.89 Å². The van der Waals surface area contributed by atoms with Crippen LogP contribution in [0.15, 0.2) is 45.4 Å². The van der Waals surface area contributed by atoms with Gasteiger partial charge in [0, 0.05) is 0 Å². The molecule has 0 N–H and O–H groups in total. The monoisotopic (exact) mass is 199 g/mol. The molecule has 3 rings (SSSR count). The van der Waals surface area contributed by atoms with Crippen LogP contribution in [0.2, 0.25) is 0 Å². The van der Waals surface area contributed by atoms with Crippen molar-refractivity contribution in [1.29, 1.82) is 0 Å². The zero-order valence-electron chi connectivity index (χ0n) is 8.23. The summed E-state index contributed by atoms with van der Waals surface area (Å²) >= 11 is 0. The van der Waals surface area contributed by atoms with E-state index in [4.69, 9.17) is 8.83 Å². The molecular weight excluding hydrogens is 190 g/mol. The van der Waals surface area contributed by atoms with Crippen molar-refractivity contribution < 1.29 is 8.83 Å². The van der Waals surface area contributed by atoms with E-state index in [1.165, 1.54) is 0 Å². The lowest BCUT2D eigenvalue weighted by molar-refractivity contribution is 0.535. The van der Waals surface area contributed by atoms with Crippen LogP contribution < -0.4 is 0 Å². The normalized spacial score (nSPS) is 11.0. The molecule has 0 atom stereocenters. The van der Waals surface area contributed by atoms with Crippen molar-refractivity contribution in [2.24, 2.45) is 0 Å². The molecule has 3 aromatic rings. The molecule has 0 saturated carbocycles. The lowest BCUT2D eigenvalue weighted by atomic mass is 10.2. The quantitative estimate of drug-likeness (QED) is 0.603. The molecule has 0 aliphatic heterocycles. The van der Waals surface area contributed by atoms with Crippen molar-refractivity contribution in [3.05, 3.63) is 42.2 Å². The van der Waals surface area contributed by atoms with Gasteiger partial charge in [0.15, 0.2) is 11.3 Å². The number of furan rings is 1. The fraction of sp³-hybridized carbons (Fsp3) is 0.0833. The highest BCUT2D eigenvalue weighted by Gasteiger charge is 2.09. The van der Waals surface area contributed by atoms with Gasteiger partial charge in [-0.05, 0) is 36.8 Å². The van der Waals surface area contributed by atoms with Crippen molar-refractivity contribution >= 4 is 11.1 Å². The van der Waals surface area contributed by atoms with Gasteiger partial charge in [0.05, 0.1) is 6.26 Å². The number of aromatic nitrogens is 1. The van der Waals surface area contributed by atoms with Gasteiger partial charge >= 0.3 is 0 Å². The first-order valence-corrected chi connectivity index (χ1v) is 4.74. The Labute approximate surface area is 86.3 Å². The van der Waals surface area contributed by atoms with Crippen LogP contribution in [0.4, 0.5) is 0 Å². The van der Waals surface area contributed by atoms with E-state index in [9.17, 15) is 0 Å². The maximum atomic E-state index is 5.59. The van der Waals surface area contributed by atoms with Crippen LogP contribution in [0, 0.1) is 6.92 Å². The van der Waals surface area contributed by atoms with E-state index in [0.717, 1.165) is 16.7 Å². The second-order valence-electron chi connectivity index (χ2n) is 3.47. The molecule has 0 amide bonds. The molecule has 2 heterocycles. The highest BCUT2D eigenvalue weighted by atomic mass is 16.4. The Morgan fingerprint density at radius 2 is 2.13 bits per heavy atom. The summed E-state index contributed by atoms with van der Waals surface area (Å²) in [5, 5.41) is 0. The van der Waals surface area contributed by atoms with Crippen LogP contribution in [0.5, 0.6) is 0 Å². The molecule has 0 saturated heterocycles. The lowest BCUT2D eigenvalue weighted by Gasteiger charge is -1.88. The van der Waals surface area contributed by atoms with Crippen molar-refractivity contribution in [2.45, 2.75) is 6.92 Å². The zero-order chi connectivity index (χ0) is 10.3. The maximum absolute atomic E-state index is 5.59. The first kappa shape index (κ1) is 8.29. The molecule has 74 valence electrons. The summed E-state index contributed by atoms with van der Waals surface area (Å²) in [5.74, 6) is 1.18. The van der Waals surface area contributed by atoms with E-state index in [1.807, 2.05) is 37.3 Å². The summed E-state index contributed by atoms with van der Waals surface area (Å²) in [7, 11) is 0. The second kappa shape index (κ2) is 2.98. The van der Waals surface area contributed by atoms with Crippen molar-refractivity contribution in [2.75, 3.05) is 0 Å². The average molecular weight is 199 g/mol. The highest BCUT2D eigenvalue weighted by Crippen LogP contribution is 2.24. The molecule has 3 heteroatoms. The maximum Gasteiger partial charge on any atom is 0.263 e. The molecule has 0 fully saturated rings. The standard InChI is InChI=1S/C12H9NO2/c1-8-4-5-9-11(7-8)15-12(13-9)10-3-2-6-14-10/h2-7H,1H3. The smallest absolute Gasteiger partial charge is 0.263 e. The number of oxazole rings is 1. The lowest BCUT2D eigenvalue weighted by Crippen LogP contribution is -1.71. The van der Waals surface area contributed by atoms with Gasteiger partial charge in [-0.2, -0.15) is 0 Å². The number of fused-ring (bicyclic) bond motifs is 1. The van der Waals surface area contributed by atoms with Gasteiger partial charge in [-0.1, -0.05) is 6.07 Å². The second-order valence-corrected chi connectivity index (χ2v) is 3.47. The fourth-order valence-corrected chi connectivity index (χ4v) is 1.54. The van der Waals surface area contributed by atoms with Crippen LogP contribution in [0.3, 0.4) is 0 Å². The Balaban J connectivity index is 2.22. The Kier molecular flexibility index (Phi) is 1.65. The SMILES string of the molecule is Cc1ccc2nc(-c3ccco3)oc2c1. The van der Waals surface area contributed by atoms with Gasteiger partial charge < -0.3 is 8.83 Å². The number of benzene rings is 1. The van der Waals surface area contributed by atoms with Crippen LogP contribution in [0.1, 0.15) is 5.56 Å². The minimum atomic E-state index is 0.528. The fourth-order valence-electron chi connectivity index (χ4n) is 1.54. The van der Waals surface area contributed by atoms with Crippen LogP contribution >= 0.6 is 0 Å². The molecule has 0 aliphatic rings. The number of rotatable bonds is 1. The molecule has 0 unspecified atom stereocenters. The summed E-state index contributed by atoms with van der Waals surface area (Å²) in [6.45, 7) is 2.02. The Morgan fingerprint density at radius 3 is 2.93 bits per heavy atom. The number of hydrogen-bond donors (Lipinski definition) is 0. The van der Waals surface area contributed by atoms with Crippen LogP contribution in [-0.2, 0) is 0 Å². The van der Waals surface area contributed by atoms with Crippen molar-refractivity contribution in [3.63, 3.8) is 0 Å². The molecule has 0 radical (unpaired) electrons. The van der Waals surface area contributed by atoms with E-state index in [0.29, 0.717) is 11.7 Å². The first-order valence-electron chi connectivity index (χ1n) is 4.74. The minimum Gasteiger partial charge on any atom is -0.459 e. The third-order valence-electron chi connectivity index (χ3n) is 2.28. The molecule has 1 aromatic carbocycles. The molecule has 15 heavy (non-hydrogen) atoms. The van der Waals surface area contributed by atoms with E-state index in [2.05, 4.69) is 4.98 Å². The largest absolute Gasteiger partial charge is 0.459 e. The van der Waals surface area contributed by atoms with Gasteiger partial charge in [-0.25, -0.2) is 4.98 Å². The van der Waals surface area contributed by atoms with Crippen LogP contribution in [0.25, 0.3) is 22.8 Å². The molecule has 2 aromatic heterocycles. The predicted molar refractivity (Wildman–Crippen MR) is 56.4 cm³/mol. The highest BCUT2D eigenvalue weighted by molar-refractivity contribution is 5.76. The van der Waals surface area contributed by atoms with Gasteiger partial charge in [-0.15, -0.1) is 0 Å². The Hall–Kier alpha value is -2.03. The third-order valence-corrected chi connectivity index (χ3v) is 2.28. The summed E-state index contributed by atoms with van der Waals surface area (Å²) < 4.78 is 10.8. The van der Waals surface area contributed by atoms with E-state index >= 15 is 0 Å². The van der Waals surface area contributed by atoms with Crippen LogP contribution in [-0.4, -0.2) is 4.98 Å². The topological polar surface area (TPSA) is 39.2 Å². The number of hydrogen-bond acceptors (Lipinski definition) is 3. The first-order chi connectivity index (χ1) is 7.33. The molecular formula is C12H9NO2. The van der Waals surface area contributed by atoms with Gasteiger partial charge in [0.1, 0.15) is 5.52 Å². The number of aryl methyl sites for hydroxylation is 1. The van der Waals surface area contributed by atoms with Crippen molar-refractivity contribution in [3.8, 4) is 11.7 Å². The average Bonchev–Trinajstić information content (AvgIpc) is 2.84. The third kappa shape index (κ3) is 1.32. The van der Waals surface area contributed by atoms with Crippen molar-refractivity contribution in [1.82, 2.24) is 4.98 Å². The Morgan fingerprint density at radius 1 is 1.20 bits per heavy atom. The minimum absolute atomic E-state index is 0.528. The molecule has 3 nitrogen and oxygen atoms in total. The summed E-state index contributed by atoms with van der Waals surface area (Å²) in [6, 6.07) is 9.57. The van der Waals surface area contributed by atoms with Gasteiger partial charge in [0.2, 0.25) is 0 Å². The number of nitrogens with zero attached hydrogens (tertiary/aromatic N) is 1. The predicted octanol–water partition coefficient (Wildman–Crippen LogP) is 3.40. The van der Waals surface area contributed by atoms with E-state index < -0.39 is 0 Å². The molecule has 0 bridgehead atoms.